The number of urea groups is 1. The first-order valence-electron chi connectivity index (χ1n) is 10.5. The fourth-order valence-electron chi connectivity index (χ4n) is 4.16. The third-order valence-electron chi connectivity index (χ3n) is 5.94. The predicted octanol–water partition coefficient (Wildman–Crippen LogP) is 2.35. The predicted molar refractivity (Wildman–Crippen MR) is 117 cm³/mol. The van der Waals surface area contributed by atoms with E-state index in [1.807, 2.05) is 6.07 Å². The van der Waals surface area contributed by atoms with Gasteiger partial charge in [0.05, 0.1) is 17.2 Å². The first kappa shape index (κ1) is 20.8. The minimum atomic E-state index is -0.236. The Bertz CT molecular complexity index is 994. The number of fused-ring (bicyclic) bond motifs is 1. The molecule has 0 unspecified atom stereocenters. The highest BCUT2D eigenvalue weighted by Gasteiger charge is 2.26. The molecular formula is C21H26BrN5O3. The maximum Gasteiger partial charge on any atom is 0.317 e. The van der Waals surface area contributed by atoms with Gasteiger partial charge in [0.2, 0.25) is 5.91 Å². The number of halogens is 1. The Morgan fingerprint density at radius 3 is 2.50 bits per heavy atom. The molecule has 1 aromatic heterocycles. The number of rotatable bonds is 3. The van der Waals surface area contributed by atoms with Gasteiger partial charge in [-0.1, -0.05) is 35.2 Å². The first-order chi connectivity index (χ1) is 14.5. The van der Waals surface area contributed by atoms with E-state index in [2.05, 4.69) is 26.2 Å². The number of nitrogens with zero attached hydrogens (tertiary/aromatic N) is 4. The third kappa shape index (κ3) is 4.66. The number of carbonyl (C=O) groups is 2. The smallest absolute Gasteiger partial charge is 0.317 e. The minimum Gasteiger partial charge on any atom is -0.338 e. The van der Waals surface area contributed by atoms with Crippen LogP contribution in [0.25, 0.3) is 10.9 Å². The standard InChI is InChI=1S/C21H26BrN5O3/c22-15-6-7-18-17(12-15)20(29)27(14-23-18)13-19(28)25-8-10-26(11-9-25)21(30)24-16-4-2-1-3-5-16/h6-7,12,14,16H,1-5,8-11,13H2,(H,24,30). The van der Waals surface area contributed by atoms with Gasteiger partial charge >= 0.3 is 6.03 Å². The maximum absolute atomic E-state index is 12.7. The fourth-order valence-corrected chi connectivity index (χ4v) is 4.52. The number of amides is 3. The lowest BCUT2D eigenvalue weighted by molar-refractivity contribution is -0.133. The van der Waals surface area contributed by atoms with Gasteiger partial charge in [-0.3, -0.25) is 14.2 Å². The van der Waals surface area contributed by atoms with Crippen LogP contribution < -0.4 is 10.9 Å². The highest BCUT2D eigenvalue weighted by atomic mass is 79.9. The number of aromatic nitrogens is 2. The monoisotopic (exact) mass is 475 g/mol. The van der Waals surface area contributed by atoms with Gasteiger partial charge in [-0.25, -0.2) is 9.78 Å². The number of nitrogens with one attached hydrogen (secondary N) is 1. The summed E-state index contributed by atoms with van der Waals surface area (Å²) in [6.07, 6.45) is 7.12. The molecule has 160 valence electrons. The van der Waals surface area contributed by atoms with Crippen molar-refractivity contribution in [3.8, 4) is 0 Å². The van der Waals surface area contributed by atoms with Crippen molar-refractivity contribution < 1.29 is 9.59 Å². The molecule has 0 spiro atoms. The molecule has 9 heteroatoms. The number of carbonyl (C=O) groups excluding carboxylic acids is 2. The Labute approximate surface area is 183 Å². The van der Waals surface area contributed by atoms with Crippen LogP contribution in [0.15, 0.2) is 33.8 Å². The molecule has 2 aliphatic rings. The van der Waals surface area contributed by atoms with Gasteiger partial charge in [-0.15, -0.1) is 0 Å². The van der Waals surface area contributed by atoms with Crippen LogP contribution in [0.2, 0.25) is 0 Å². The van der Waals surface area contributed by atoms with E-state index in [1.54, 1.807) is 21.9 Å². The van der Waals surface area contributed by atoms with Gasteiger partial charge < -0.3 is 15.1 Å². The number of hydrogen-bond donors (Lipinski definition) is 1. The summed E-state index contributed by atoms with van der Waals surface area (Å²) in [5.74, 6) is -0.138. The average Bonchev–Trinajstić information content (AvgIpc) is 2.77. The molecule has 2 heterocycles. The van der Waals surface area contributed by atoms with Gasteiger partial charge in [0.15, 0.2) is 0 Å². The van der Waals surface area contributed by atoms with Crippen molar-refractivity contribution in [3.63, 3.8) is 0 Å². The Hall–Kier alpha value is -2.42. The van der Waals surface area contributed by atoms with Crippen LogP contribution in [0, 0.1) is 0 Å². The SMILES string of the molecule is O=C(Cn1cnc2ccc(Br)cc2c1=O)N1CCN(C(=O)NC2CCCCC2)CC1. The average molecular weight is 476 g/mol. The molecule has 2 fully saturated rings. The van der Waals surface area contributed by atoms with Crippen LogP contribution in [-0.4, -0.2) is 63.5 Å². The first-order valence-corrected chi connectivity index (χ1v) is 11.3. The van der Waals surface area contributed by atoms with Gasteiger partial charge in [-0.05, 0) is 31.0 Å². The molecule has 0 bridgehead atoms. The van der Waals surface area contributed by atoms with Crippen molar-refractivity contribution in [2.45, 2.75) is 44.7 Å². The molecule has 0 radical (unpaired) electrons. The summed E-state index contributed by atoms with van der Waals surface area (Å²) in [7, 11) is 0. The Kier molecular flexibility index (Phi) is 6.36. The summed E-state index contributed by atoms with van der Waals surface area (Å²) in [5, 5.41) is 3.60. The van der Waals surface area contributed by atoms with Gasteiger partial charge in [0.1, 0.15) is 6.54 Å². The lowest BCUT2D eigenvalue weighted by Gasteiger charge is -2.36. The summed E-state index contributed by atoms with van der Waals surface area (Å²) in [6.45, 7) is 1.89. The van der Waals surface area contributed by atoms with Crippen LogP contribution in [0.1, 0.15) is 32.1 Å². The quantitative estimate of drug-likeness (QED) is 0.737. The van der Waals surface area contributed by atoms with Crippen molar-refractivity contribution >= 4 is 38.8 Å². The zero-order chi connectivity index (χ0) is 21.1. The van der Waals surface area contributed by atoms with E-state index in [9.17, 15) is 14.4 Å². The molecule has 1 saturated carbocycles. The number of piperazine rings is 1. The van der Waals surface area contributed by atoms with Crippen molar-refractivity contribution in [2.24, 2.45) is 0 Å². The molecule has 30 heavy (non-hydrogen) atoms. The van der Waals surface area contributed by atoms with E-state index in [4.69, 9.17) is 0 Å². The van der Waals surface area contributed by atoms with E-state index >= 15 is 0 Å². The molecule has 1 aromatic carbocycles. The maximum atomic E-state index is 12.7. The lowest BCUT2D eigenvalue weighted by atomic mass is 9.96. The molecule has 1 N–H and O–H groups in total. The summed E-state index contributed by atoms with van der Waals surface area (Å²) in [6, 6.07) is 5.56. The highest BCUT2D eigenvalue weighted by molar-refractivity contribution is 9.10. The zero-order valence-corrected chi connectivity index (χ0v) is 18.4. The summed E-state index contributed by atoms with van der Waals surface area (Å²) < 4.78 is 2.14. The van der Waals surface area contributed by atoms with Crippen LogP contribution in [0.5, 0.6) is 0 Å². The van der Waals surface area contributed by atoms with Crippen molar-refractivity contribution in [3.05, 3.63) is 39.4 Å². The number of hydrogen-bond acceptors (Lipinski definition) is 4. The van der Waals surface area contributed by atoms with Crippen molar-refractivity contribution in [1.82, 2.24) is 24.7 Å². The van der Waals surface area contributed by atoms with Crippen LogP contribution >= 0.6 is 15.9 Å². The molecule has 2 aromatic rings. The van der Waals surface area contributed by atoms with Gasteiger partial charge in [0.25, 0.3) is 5.56 Å². The molecule has 3 amide bonds. The molecule has 1 aliphatic carbocycles. The molecule has 8 nitrogen and oxygen atoms in total. The van der Waals surface area contributed by atoms with E-state index < -0.39 is 0 Å². The fraction of sp³-hybridized carbons (Fsp3) is 0.524. The van der Waals surface area contributed by atoms with Crippen molar-refractivity contribution in [2.75, 3.05) is 26.2 Å². The summed E-state index contributed by atoms with van der Waals surface area (Å²) in [5.41, 5.74) is 0.365. The minimum absolute atomic E-state index is 0.0328. The Balaban J connectivity index is 1.33. The van der Waals surface area contributed by atoms with Gasteiger partial charge in [0, 0.05) is 36.7 Å². The second kappa shape index (κ2) is 9.16. The summed E-state index contributed by atoms with van der Waals surface area (Å²) in [4.78, 5) is 45.7. The highest BCUT2D eigenvalue weighted by Crippen LogP contribution is 2.18. The molecule has 4 rings (SSSR count). The molecule has 0 atom stereocenters. The Morgan fingerprint density at radius 1 is 1.07 bits per heavy atom. The topological polar surface area (TPSA) is 87.5 Å². The second-order valence-corrected chi connectivity index (χ2v) is 8.91. The van der Waals surface area contributed by atoms with Crippen LogP contribution in [0.3, 0.4) is 0 Å². The lowest BCUT2D eigenvalue weighted by Crippen LogP contribution is -2.55. The van der Waals surface area contributed by atoms with Crippen LogP contribution in [-0.2, 0) is 11.3 Å². The van der Waals surface area contributed by atoms with Crippen molar-refractivity contribution in [1.29, 1.82) is 0 Å². The second-order valence-electron chi connectivity index (χ2n) is 7.99. The van der Waals surface area contributed by atoms with Crippen LogP contribution in [0.4, 0.5) is 4.79 Å². The zero-order valence-electron chi connectivity index (χ0n) is 16.8. The molecular weight excluding hydrogens is 450 g/mol. The van der Waals surface area contributed by atoms with E-state index in [1.165, 1.54) is 30.2 Å². The number of benzene rings is 1. The molecule has 1 saturated heterocycles. The summed E-state index contributed by atoms with van der Waals surface area (Å²) >= 11 is 3.36. The largest absolute Gasteiger partial charge is 0.338 e. The van der Waals surface area contributed by atoms with E-state index in [-0.39, 0.29) is 30.1 Å². The van der Waals surface area contributed by atoms with E-state index in [0.29, 0.717) is 37.1 Å². The van der Waals surface area contributed by atoms with E-state index in [0.717, 1.165) is 17.3 Å². The Morgan fingerprint density at radius 2 is 1.77 bits per heavy atom. The van der Waals surface area contributed by atoms with Gasteiger partial charge in [-0.2, -0.15) is 0 Å². The normalized spacial score (nSPS) is 17.9. The third-order valence-corrected chi connectivity index (χ3v) is 6.44. The molecule has 1 aliphatic heterocycles.